The smallest absolute Gasteiger partial charge is 0.166 e. The molecule has 1 N–H and O–H groups in total. The predicted octanol–water partition coefficient (Wildman–Crippen LogP) is 2.98. The lowest BCUT2D eigenvalue weighted by atomic mass is 10.2. The van der Waals surface area contributed by atoms with Crippen molar-refractivity contribution in [3.63, 3.8) is 0 Å². The molecular weight excluding hydrogens is 196 g/mol. The molecule has 0 radical (unpaired) electrons. The third-order valence-electron chi connectivity index (χ3n) is 1.97. The Labute approximate surface area is 88.8 Å². The third-order valence-corrected chi connectivity index (χ3v) is 1.97. The summed E-state index contributed by atoms with van der Waals surface area (Å²) >= 11 is 0. The van der Waals surface area contributed by atoms with Gasteiger partial charge in [0.05, 0.1) is 0 Å². The van der Waals surface area contributed by atoms with E-state index < -0.39 is 11.6 Å². The molecule has 0 spiro atoms. The van der Waals surface area contributed by atoms with Gasteiger partial charge in [-0.1, -0.05) is 31.2 Å². The summed E-state index contributed by atoms with van der Waals surface area (Å²) in [6, 6.07) is 4.16. The lowest BCUT2D eigenvalue weighted by Gasteiger charge is -1.98. The maximum Gasteiger partial charge on any atom is 0.166 e. The Bertz CT molecular complexity index is 334. The number of halogens is 2. The zero-order chi connectivity index (χ0) is 11.1. The molecule has 0 aliphatic heterocycles. The van der Waals surface area contributed by atoms with Gasteiger partial charge in [0.25, 0.3) is 0 Å². The zero-order valence-electron chi connectivity index (χ0n) is 8.76. The lowest BCUT2D eigenvalue weighted by Crippen LogP contribution is -2.13. The van der Waals surface area contributed by atoms with Crippen LogP contribution in [0.1, 0.15) is 18.9 Å². The topological polar surface area (TPSA) is 12.0 Å². The van der Waals surface area contributed by atoms with Crippen LogP contribution in [0.3, 0.4) is 0 Å². The predicted molar refractivity (Wildman–Crippen MR) is 58.6 cm³/mol. The molecule has 0 aliphatic rings. The molecule has 82 valence electrons. The number of hydrogen-bond donors (Lipinski definition) is 1. The van der Waals surface area contributed by atoms with E-state index in [1.807, 2.05) is 0 Å². The highest BCUT2D eigenvalue weighted by Gasteiger charge is 2.03. The van der Waals surface area contributed by atoms with E-state index in [1.165, 1.54) is 6.07 Å². The fourth-order valence-corrected chi connectivity index (χ4v) is 1.20. The van der Waals surface area contributed by atoms with Gasteiger partial charge < -0.3 is 5.32 Å². The van der Waals surface area contributed by atoms with E-state index in [0.29, 0.717) is 6.54 Å². The van der Waals surface area contributed by atoms with Crippen LogP contribution in [0.5, 0.6) is 0 Å². The summed E-state index contributed by atoms with van der Waals surface area (Å²) in [4.78, 5) is 0. The maximum absolute atomic E-state index is 13.1. The van der Waals surface area contributed by atoms with Gasteiger partial charge in [0.15, 0.2) is 11.6 Å². The summed E-state index contributed by atoms with van der Waals surface area (Å²) < 4.78 is 25.9. The summed E-state index contributed by atoms with van der Waals surface area (Å²) in [5, 5.41) is 3.14. The van der Waals surface area contributed by atoms with Gasteiger partial charge in [0.1, 0.15) is 0 Å². The summed E-state index contributed by atoms with van der Waals surface area (Å²) in [7, 11) is 0. The van der Waals surface area contributed by atoms with E-state index in [0.717, 1.165) is 19.0 Å². The van der Waals surface area contributed by atoms with Crippen LogP contribution in [-0.2, 0) is 0 Å². The maximum atomic E-state index is 13.1. The molecule has 0 fully saturated rings. The highest BCUT2D eigenvalue weighted by Crippen LogP contribution is 2.12. The molecule has 1 aromatic carbocycles. The second-order valence-electron chi connectivity index (χ2n) is 3.25. The average molecular weight is 211 g/mol. The molecule has 0 saturated heterocycles. The summed E-state index contributed by atoms with van der Waals surface area (Å²) in [6.45, 7) is 3.67. The summed E-state index contributed by atoms with van der Waals surface area (Å²) in [5.41, 5.74) is 0.285. The van der Waals surface area contributed by atoms with E-state index in [9.17, 15) is 8.78 Å². The first-order valence-corrected chi connectivity index (χ1v) is 5.07. The molecule has 0 atom stereocenters. The van der Waals surface area contributed by atoms with Crippen molar-refractivity contribution in [3.8, 4) is 0 Å². The quantitative estimate of drug-likeness (QED) is 0.738. The molecule has 0 bridgehead atoms. The minimum Gasteiger partial charge on any atom is -0.313 e. The Morgan fingerprint density at radius 2 is 2.13 bits per heavy atom. The van der Waals surface area contributed by atoms with Crippen LogP contribution in [0.2, 0.25) is 0 Å². The Hall–Kier alpha value is -1.22. The van der Waals surface area contributed by atoms with Gasteiger partial charge in [0.2, 0.25) is 0 Å². The SMILES string of the molecule is CCCNCC=Cc1cccc(F)c1F. The molecule has 0 unspecified atom stereocenters. The fourth-order valence-electron chi connectivity index (χ4n) is 1.20. The van der Waals surface area contributed by atoms with Gasteiger partial charge in [-0.05, 0) is 19.0 Å². The van der Waals surface area contributed by atoms with E-state index in [4.69, 9.17) is 0 Å². The van der Waals surface area contributed by atoms with Gasteiger partial charge in [-0.2, -0.15) is 0 Å². The van der Waals surface area contributed by atoms with E-state index in [1.54, 1.807) is 18.2 Å². The van der Waals surface area contributed by atoms with Crippen molar-refractivity contribution < 1.29 is 8.78 Å². The van der Waals surface area contributed by atoms with Crippen LogP contribution in [0.25, 0.3) is 6.08 Å². The molecule has 0 amide bonds. The second-order valence-corrected chi connectivity index (χ2v) is 3.25. The van der Waals surface area contributed by atoms with Crippen molar-refractivity contribution in [2.45, 2.75) is 13.3 Å². The average Bonchev–Trinajstić information content (AvgIpc) is 2.24. The van der Waals surface area contributed by atoms with Gasteiger partial charge in [-0.15, -0.1) is 0 Å². The second kappa shape index (κ2) is 6.30. The largest absolute Gasteiger partial charge is 0.313 e. The lowest BCUT2D eigenvalue weighted by molar-refractivity contribution is 0.507. The molecule has 1 nitrogen and oxygen atoms in total. The Kier molecular flexibility index (Phi) is 4.98. The van der Waals surface area contributed by atoms with Crippen molar-refractivity contribution in [2.24, 2.45) is 0 Å². The van der Waals surface area contributed by atoms with Crippen LogP contribution >= 0.6 is 0 Å². The van der Waals surface area contributed by atoms with Crippen molar-refractivity contribution in [3.05, 3.63) is 41.5 Å². The minimum absolute atomic E-state index is 0.285. The van der Waals surface area contributed by atoms with Crippen molar-refractivity contribution in [1.82, 2.24) is 5.32 Å². The molecule has 0 aromatic heterocycles. The molecule has 15 heavy (non-hydrogen) atoms. The number of benzene rings is 1. The highest BCUT2D eigenvalue weighted by atomic mass is 19.2. The number of rotatable bonds is 5. The van der Waals surface area contributed by atoms with E-state index >= 15 is 0 Å². The minimum atomic E-state index is -0.807. The van der Waals surface area contributed by atoms with Crippen molar-refractivity contribution in [1.29, 1.82) is 0 Å². The van der Waals surface area contributed by atoms with Crippen molar-refractivity contribution >= 4 is 6.08 Å². The Morgan fingerprint density at radius 3 is 2.87 bits per heavy atom. The Balaban J connectivity index is 2.53. The first-order chi connectivity index (χ1) is 7.25. The molecule has 1 aromatic rings. The molecule has 0 aliphatic carbocycles. The standard InChI is InChI=1S/C12H15F2N/c1-2-8-15-9-4-6-10-5-3-7-11(13)12(10)14/h3-7,15H,2,8-9H2,1H3. The fraction of sp³-hybridized carbons (Fsp3) is 0.333. The molecule has 0 saturated carbocycles. The van der Waals surface area contributed by atoms with Crippen LogP contribution < -0.4 is 5.32 Å². The first-order valence-electron chi connectivity index (χ1n) is 5.07. The van der Waals surface area contributed by atoms with Crippen LogP contribution in [0.15, 0.2) is 24.3 Å². The van der Waals surface area contributed by atoms with E-state index in [-0.39, 0.29) is 5.56 Å². The third kappa shape index (κ3) is 3.80. The van der Waals surface area contributed by atoms with Gasteiger partial charge >= 0.3 is 0 Å². The van der Waals surface area contributed by atoms with E-state index in [2.05, 4.69) is 12.2 Å². The molecule has 0 heterocycles. The molecule has 1 rings (SSSR count). The van der Waals surface area contributed by atoms with Gasteiger partial charge in [0, 0.05) is 12.1 Å². The monoisotopic (exact) mass is 211 g/mol. The number of hydrogen-bond acceptors (Lipinski definition) is 1. The van der Waals surface area contributed by atoms with Crippen molar-refractivity contribution in [2.75, 3.05) is 13.1 Å². The van der Waals surface area contributed by atoms with Crippen LogP contribution in [-0.4, -0.2) is 13.1 Å². The highest BCUT2D eigenvalue weighted by molar-refractivity contribution is 5.50. The van der Waals surface area contributed by atoms with Gasteiger partial charge in [-0.25, -0.2) is 8.78 Å². The van der Waals surface area contributed by atoms with Crippen LogP contribution in [0.4, 0.5) is 8.78 Å². The summed E-state index contributed by atoms with van der Waals surface area (Å²) in [6.07, 6.45) is 4.43. The Morgan fingerprint density at radius 1 is 1.33 bits per heavy atom. The normalized spacial score (nSPS) is 11.1. The number of nitrogens with one attached hydrogen (secondary N) is 1. The summed E-state index contributed by atoms with van der Waals surface area (Å²) in [5.74, 6) is -1.59. The van der Waals surface area contributed by atoms with Gasteiger partial charge in [-0.3, -0.25) is 0 Å². The van der Waals surface area contributed by atoms with Crippen LogP contribution in [0, 0.1) is 11.6 Å². The molecule has 3 heteroatoms. The first kappa shape index (κ1) is 11.9. The molecular formula is C12H15F2N. The zero-order valence-corrected chi connectivity index (χ0v) is 8.76.